The SMILES string of the molecule is O=C(C=Cc1ccccc1)OCC(=O)N1CCN(c2ccc(F)cc2)CC1. The maximum atomic E-state index is 13.0. The standard InChI is InChI=1S/C21H21FN2O3/c22-18-7-9-19(10-8-18)23-12-14-24(15-13-23)20(25)16-27-21(26)11-6-17-4-2-1-3-5-17/h1-11H,12-16H2. The number of hydrogen-bond donors (Lipinski definition) is 0. The Hall–Kier alpha value is -3.15. The molecule has 0 atom stereocenters. The van der Waals surface area contributed by atoms with E-state index in [9.17, 15) is 14.0 Å². The summed E-state index contributed by atoms with van der Waals surface area (Å²) in [5.74, 6) is -1.02. The number of anilines is 1. The number of piperazine rings is 1. The lowest BCUT2D eigenvalue weighted by Gasteiger charge is -2.36. The molecule has 27 heavy (non-hydrogen) atoms. The van der Waals surface area contributed by atoms with E-state index in [0.717, 1.165) is 11.3 Å². The van der Waals surface area contributed by atoms with E-state index >= 15 is 0 Å². The number of halogens is 1. The Morgan fingerprint density at radius 2 is 1.63 bits per heavy atom. The number of carbonyl (C=O) groups excluding carboxylic acids is 2. The Morgan fingerprint density at radius 1 is 0.963 bits per heavy atom. The van der Waals surface area contributed by atoms with Gasteiger partial charge in [0.25, 0.3) is 5.91 Å². The van der Waals surface area contributed by atoms with Crippen LogP contribution in [0.4, 0.5) is 10.1 Å². The molecule has 0 unspecified atom stereocenters. The van der Waals surface area contributed by atoms with Gasteiger partial charge >= 0.3 is 5.97 Å². The Labute approximate surface area is 157 Å². The summed E-state index contributed by atoms with van der Waals surface area (Å²) >= 11 is 0. The quantitative estimate of drug-likeness (QED) is 0.602. The first-order valence-corrected chi connectivity index (χ1v) is 8.80. The van der Waals surface area contributed by atoms with Crippen molar-refractivity contribution in [3.05, 3.63) is 72.1 Å². The first-order valence-electron chi connectivity index (χ1n) is 8.80. The number of nitrogens with zero attached hydrogens (tertiary/aromatic N) is 2. The van der Waals surface area contributed by atoms with Gasteiger partial charge in [0, 0.05) is 37.9 Å². The minimum atomic E-state index is -0.544. The Balaban J connectivity index is 1.42. The predicted octanol–water partition coefficient (Wildman–Crippen LogP) is 2.73. The molecule has 1 amide bonds. The fourth-order valence-corrected chi connectivity index (χ4v) is 2.87. The highest BCUT2D eigenvalue weighted by Gasteiger charge is 2.22. The molecule has 1 fully saturated rings. The molecule has 1 aliphatic rings. The van der Waals surface area contributed by atoms with Crippen molar-refractivity contribution in [2.24, 2.45) is 0 Å². The van der Waals surface area contributed by atoms with Crippen LogP contribution in [0.2, 0.25) is 0 Å². The van der Waals surface area contributed by atoms with Crippen molar-refractivity contribution in [2.75, 3.05) is 37.7 Å². The average molecular weight is 368 g/mol. The summed E-state index contributed by atoms with van der Waals surface area (Å²) in [6, 6.07) is 15.7. The van der Waals surface area contributed by atoms with Crippen LogP contribution in [-0.2, 0) is 14.3 Å². The molecule has 5 nitrogen and oxygen atoms in total. The predicted molar refractivity (Wildman–Crippen MR) is 102 cm³/mol. The molecule has 2 aromatic rings. The molecular weight excluding hydrogens is 347 g/mol. The number of esters is 1. The summed E-state index contributed by atoms with van der Waals surface area (Å²) in [5, 5.41) is 0. The van der Waals surface area contributed by atoms with Crippen LogP contribution in [-0.4, -0.2) is 49.6 Å². The summed E-state index contributed by atoms with van der Waals surface area (Å²) in [6.45, 7) is 2.11. The normalized spacial score (nSPS) is 14.4. The molecule has 1 heterocycles. The van der Waals surface area contributed by atoms with E-state index in [2.05, 4.69) is 4.90 Å². The largest absolute Gasteiger partial charge is 0.452 e. The van der Waals surface area contributed by atoms with Crippen molar-refractivity contribution in [1.82, 2.24) is 4.90 Å². The lowest BCUT2D eigenvalue weighted by molar-refractivity contribution is -0.148. The summed E-state index contributed by atoms with van der Waals surface area (Å²) in [5.41, 5.74) is 1.82. The van der Waals surface area contributed by atoms with Gasteiger partial charge in [-0.1, -0.05) is 30.3 Å². The van der Waals surface area contributed by atoms with Crippen molar-refractivity contribution in [1.29, 1.82) is 0 Å². The fourth-order valence-electron chi connectivity index (χ4n) is 2.87. The third-order valence-electron chi connectivity index (χ3n) is 4.37. The second-order valence-corrected chi connectivity index (χ2v) is 6.20. The zero-order valence-electron chi connectivity index (χ0n) is 14.9. The van der Waals surface area contributed by atoms with Crippen LogP contribution >= 0.6 is 0 Å². The summed E-state index contributed by atoms with van der Waals surface area (Å²) in [6.07, 6.45) is 2.96. The van der Waals surface area contributed by atoms with Gasteiger partial charge in [-0.15, -0.1) is 0 Å². The Morgan fingerprint density at radius 3 is 2.30 bits per heavy atom. The first-order chi connectivity index (χ1) is 13.1. The topological polar surface area (TPSA) is 49.9 Å². The van der Waals surface area contributed by atoms with Gasteiger partial charge in [-0.05, 0) is 35.9 Å². The number of rotatable bonds is 5. The van der Waals surface area contributed by atoms with Crippen LogP contribution in [0.1, 0.15) is 5.56 Å². The molecule has 0 aliphatic carbocycles. The van der Waals surface area contributed by atoms with Crippen LogP contribution < -0.4 is 4.90 Å². The average Bonchev–Trinajstić information content (AvgIpc) is 2.72. The molecule has 0 aromatic heterocycles. The molecule has 2 aromatic carbocycles. The van der Waals surface area contributed by atoms with E-state index in [1.807, 2.05) is 30.3 Å². The van der Waals surface area contributed by atoms with E-state index in [1.165, 1.54) is 18.2 Å². The van der Waals surface area contributed by atoms with Gasteiger partial charge in [-0.2, -0.15) is 0 Å². The van der Waals surface area contributed by atoms with Crippen molar-refractivity contribution in [3.8, 4) is 0 Å². The molecule has 0 spiro atoms. The molecule has 0 saturated carbocycles. The molecule has 0 bridgehead atoms. The number of amides is 1. The Kier molecular flexibility index (Phi) is 6.20. The number of ether oxygens (including phenoxy) is 1. The van der Waals surface area contributed by atoms with Crippen molar-refractivity contribution in [2.45, 2.75) is 0 Å². The van der Waals surface area contributed by atoms with Gasteiger partial charge in [-0.3, -0.25) is 4.79 Å². The molecule has 1 aliphatic heterocycles. The van der Waals surface area contributed by atoms with Gasteiger partial charge < -0.3 is 14.5 Å². The molecule has 6 heteroatoms. The maximum absolute atomic E-state index is 13.0. The summed E-state index contributed by atoms with van der Waals surface area (Å²) in [4.78, 5) is 27.7. The van der Waals surface area contributed by atoms with Crippen molar-refractivity contribution < 1.29 is 18.7 Å². The smallest absolute Gasteiger partial charge is 0.331 e. The lowest BCUT2D eigenvalue weighted by Crippen LogP contribution is -2.49. The zero-order chi connectivity index (χ0) is 19.1. The van der Waals surface area contributed by atoms with Gasteiger partial charge in [-0.25, -0.2) is 9.18 Å². The van der Waals surface area contributed by atoms with E-state index < -0.39 is 5.97 Å². The highest BCUT2D eigenvalue weighted by atomic mass is 19.1. The minimum Gasteiger partial charge on any atom is -0.452 e. The van der Waals surface area contributed by atoms with E-state index in [1.54, 1.807) is 23.1 Å². The second kappa shape index (κ2) is 8.98. The summed E-state index contributed by atoms with van der Waals surface area (Å²) in [7, 11) is 0. The summed E-state index contributed by atoms with van der Waals surface area (Å²) < 4.78 is 18.0. The molecular formula is C21H21FN2O3. The van der Waals surface area contributed by atoms with E-state index in [-0.39, 0.29) is 18.3 Å². The van der Waals surface area contributed by atoms with Crippen LogP contribution in [0, 0.1) is 5.82 Å². The van der Waals surface area contributed by atoms with Crippen LogP contribution in [0.5, 0.6) is 0 Å². The third kappa shape index (κ3) is 5.41. The highest BCUT2D eigenvalue weighted by Crippen LogP contribution is 2.17. The van der Waals surface area contributed by atoms with Gasteiger partial charge in [0.15, 0.2) is 6.61 Å². The van der Waals surface area contributed by atoms with Gasteiger partial charge in [0.05, 0.1) is 0 Å². The van der Waals surface area contributed by atoms with Gasteiger partial charge in [0.2, 0.25) is 0 Å². The molecule has 0 N–H and O–H groups in total. The number of benzene rings is 2. The molecule has 1 saturated heterocycles. The highest BCUT2D eigenvalue weighted by molar-refractivity contribution is 5.89. The fraction of sp³-hybridized carbons (Fsp3) is 0.238. The third-order valence-corrected chi connectivity index (χ3v) is 4.37. The number of carbonyl (C=O) groups is 2. The zero-order valence-corrected chi connectivity index (χ0v) is 14.9. The molecule has 140 valence electrons. The van der Waals surface area contributed by atoms with Crippen LogP contribution in [0.25, 0.3) is 6.08 Å². The van der Waals surface area contributed by atoms with Crippen LogP contribution in [0.3, 0.4) is 0 Å². The van der Waals surface area contributed by atoms with Crippen molar-refractivity contribution in [3.63, 3.8) is 0 Å². The van der Waals surface area contributed by atoms with Gasteiger partial charge in [0.1, 0.15) is 5.82 Å². The minimum absolute atomic E-state index is 0.213. The van der Waals surface area contributed by atoms with Crippen molar-refractivity contribution >= 4 is 23.6 Å². The maximum Gasteiger partial charge on any atom is 0.331 e. The van der Waals surface area contributed by atoms with E-state index in [4.69, 9.17) is 4.74 Å². The first kappa shape index (κ1) is 18.6. The molecule has 0 radical (unpaired) electrons. The molecule has 3 rings (SSSR count). The number of hydrogen-bond acceptors (Lipinski definition) is 4. The van der Waals surface area contributed by atoms with Crippen LogP contribution in [0.15, 0.2) is 60.7 Å². The lowest BCUT2D eigenvalue weighted by atomic mass is 10.2. The second-order valence-electron chi connectivity index (χ2n) is 6.20. The van der Waals surface area contributed by atoms with E-state index in [0.29, 0.717) is 26.2 Å². The Bertz CT molecular complexity index is 798. The monoisotopic (exact) mass is 368 g/mol.